The van der Waals surface area contributed by atoms with Gasteiger partial charge < -0.3 is 14.1 Å². The molecular formula is C21H27NO4Si. The average Bonchev–Trinajstić information content (AvgIpc) is 3.09. The van der Waals surface area contributed by atoms with Crippen LogP contribution in [0.4, 0.5) is 0 Å². The molecule has 1 aliphatic rings. The van der Waals surface area contributed by atoms with Crippen molar-refractivity contribution >= 4 is 20.1 Å². The number of carbonyl (C=O) groups is 2. The van der Waals surface area contributed by atoms with Gasteiger partial charge in [-0.1, -0.05) is 45.0 Å². The zero-order valence-electron chi connectivity index (χ0n) is 16.9. The molecule has 0 aliphatic heterocycles. The Bertz CT molecular complexity index is 905. The Labute approximate surface area is 161 Å². The van der Waals surface area contributed by atoms with Crippen molar-refractivity contribution in [3.63, 3.8) is 0 Å². The highest BCUT2D eigenvalue weighted by Crippen LogP contribution is 2.41. The molecule has 0 unspecified atom stereocenters. The number of ketones is 1. The minimum absolute atomic E-state index is 0.0313. The number of nitrogens with one attached hydrogen (secondary N) is 1. The Hall–Kier alpha value is -2.18. The number of H-pyrrole nitrogens is 1. The monoisotopic (exact) mass is 385 g/mol. The van der Waals surface area contributed by atoms with Gasteiger partial charge in [0.05, 0.1) is 24.5 Å². The number of fused-ring (bicyclic) bond motifs is 3. The van der Waals surface area contributed by atoms with Crippen LogP contribution in [0.2, 0.25) is 18.1 Å². The van der Waals surface area contributed by atoms with Crippen molar-refractivity contribution in [2.75, 3.05) is 6.61 Å². The van der Waals surface area contributed by atoms with E-state index in [9.17, 15) is 9.59 Å². The van der Waals surface area contributed by atoms with Crippen LogP contribution in [0.1, 0.15) is 59.7 Å². The summed E-state index contributed by atoms with van der Waals surface area (Å²) >= 11 is 0. The van der Waals surface area contributed by atoms with Crippen molar-refractivity contribution in [2.45, 2.75) is 52.4 Å². The lowest BCUT2D eigenvalue weighted by atomic mass is 10.1. The summed E-state index contributed by atoms with van der Waals surface area (Å²) in [6.07, 6.45) is 0. The van der Waals surface area contributed by atoms with E-state index in [1.165, 1.54) is 0 Å². The molecule has 1 aromatic heterocycles. The number of aromatic amines is 1. The molecule has 0 fully saturated rings. The highest BCUT2D eigenvalue weighted by molar-refractivity contribution is 6.74. The van der Waals surface area contributed by atoms with E-state index in [0.29, 0.717) is 28.1 Å². The maximum Gasteiger partial charge on any atom is 0.355 e. The summed E-state index contributed by atoms with van der Waals surface area (Å²) in [6.45, 7) is 13.0. The van der Waals surface area contributed by atoms with Crippen LogP contribution in [0.25, 0.3) is 11.3 Å². The molecule has 0 saturated carbocycles. The zero-order chi connectivity index (χ0) is 20.0. The van der Waals surface area contributed by atoms with Gasteiger partial charge in [0.1, 0.15) is 5.69 Å². The fourth-order valence-corrected chi connectivity index (χ4v) is 3.95. The number of ether oxygens (including phenoxy) is 1. The lowest BCUT2D eigenvalue weighted by Gasteiger charge is -2.36. The highest BCUT2D eigenvalue weighted by atomic mass is 28.4. The van der Waals surface area contributed by atoms with Crippen molar-refractivity contribution in [3.05, 3.63) is 46.6 Å². The van der Waals surface area contributed by atoms with E-state index in [1.807, 2.05) is 24.3 Å². The topological polar surface area (TPSA) is 68.4 Å². The van der Waals surface area contributed by atoms with Crippen LogP contribution < -0.4 is 0 Å². The van der Waals surface area contributed by atoms with E-state index < -0.39 is 14.3 Å². The van der Waals surface area contributed by atoms with Crippen molar-refractivity contribution in [1.82, 2.24) is 4.98 Å². The average molecular weight is 386 g/mol. The van der Waals surface area contributed by atoms with Crippen LogP contribution in [-0.4, -0.2) is 31.7 Å². The third-order valence-electron chi connectivity index (χ3n) is 5.63. The second kappa shape index (κ2) is 6.76. The van der Waals surface area contributed by atoms with Gasteiger partial charge in [0.25, 0.3) is 0 Å². The molecule has 0 radical (unpaired) electrons. The second-order valence-corrected chi connectivity index (χ2v) is 13.2. The van der Waals surface area contributed by atoms with Crippen molar-refractivity contribution < 1.29 is 18.8 Å². The molecule has 0 saturated heterocycles. The van der Waals surface area contributed by atoms with Gasteiger partial charge in [-0.05, 0) is 25.1 Å². The molecule has 3 rings (SSSR count). The van der Waals surface area contributed by atoms with Crippen molar-refractivity contribution in [2.24, 2.45) is 0 Å². The van der Waals surface area contributed by atoms with Gasteiger partial charge in [-0.25, -0.2) is 4.79 Å². The Morgan fingerprint density at radius 1 is 1.15 bits per heavy atom. The molecular weight excluding hydrogens is 358 g/mol. The van der Waals surface area contributed by atoms with Crippen LogP contribution in [0.3, 0.4) is 0 Å². The molecule has 5 nitrogen and oxygen atoms in total. The minimum atomic E-state index is -2.05. The van der Waals surface area contributed by atoms with Crippen LogP contribution in [0.5, 0.6) is 0 Å². The number of hydrogen-bond acceptors (Lipinski definition) is 4. The minimum Gasteiger partial charge on any atom is -0.461 e. The Kier molecular flexibility index (Phi) is 4.90. The predicted molar refractivity (Wildman–Crippen MR) is 108 cm³/mol. The maximum atomic E-state index is 13.0. The van der Waals surface area contributed by atoms with Crippen LogP contribution >= 0.6 is 0 Å². The third-order valence-corrected chi connectivity index (χ3v) is 10.1. The standard InChI is InChI=1S/C21H27NO4Si/c1-7-25-20(24)18-15(12-26-27(5,6)21(2,3)4)16-17(22-18)13-10-8-9-11-14(13)19(16)23/h8-11,22H,7,12H2,1-6H3. The van der Waals surface area contributed by atoms with Crippen molar-refractivity contribution in [3.8, 4) is 11.3 Å². The zero-order valence-corrected chi connectivity index (χ0v) is 17.9. The Morgan fingerprint density at radius 2 is 1.78 bits per heavy atom. The lowest BCUT2D eigenvalue weighted by Crippen LogP contribution is -2.40. The van der Waals surface area contributed by atoms with Gasteiger partial charge in [-0.3, -0.25) is 4.79 Å². The van der Waals surface area contributed by atoms with E-state index in [-0.39, 0.29) is 24.0 Å². The molecule has 0 amide bonds. The fraction of sp³-hybridized carbons (Fsp3) is 0.429. The number of hydrogen-bond donors (Lipinski definition) is 1. The molecule has 1 N–H and O–H groups in total. The highest BCUT2D eigenvalue weighted by Gasteiger charge is 2.40. The summed E-state index contributed by atoms with van der Waals surface area (Å²) < 4.78 is 11.5. The van der Waals surface area contributed by atoms with Crippen molar-refractivity contribution in [1.29, 1.82) is 0 Å². The summed E-state index contributed by atoms with van der Waals surface area (Å²) in [5.41, 5.74) is 3.63. The molecule has 6 heteroatoms. The SMILES string of the molecule is CCOC(=O)c1[nH]c2c(c1CO[Si](C)(C)C(C)(C)C)C(=O)c1ccccc1-2. The van der Waals surface area contributed by atoms with Gasteiger partial charge in [-0.15, -0.1) is 0 Å². The number of benzene rings is 1. The first-order valence-electron chi connectivity index (χ1n) is 9.28. The largest absolute Gasteiger partial charge is 0.461 e. The number of carbonyl (C=O) groups excluding carboxylic acids is 2. The quantitative estimate of drug-likeness (QED) is 0.500. The molecule has 1 aromatic carbocycles. The van der Waals surface area contributed by atoms with E-state index in [0.717, 1.165) is 5.56 Å². The summed E-state index contributed by atoms with van der Waals surface area (Å²) in [5, 5.41) is 0.0313. The van der Waals surface area contributed by atoms with Gasteiger partial charge >= 0.3 is 5.97 Å². The molecule has 0 spiro atoms. The molecule has 1 heterocycles. The first-order valence-corrected chi connectivity index (χ1v) is 12.2. The number of aromatic nitrogens is 1. The first-order chi connectivity index (χ1) is 12.6. The van der Waals surface area contributed by atoms with E-state index in [1.54, 1.807) is 6.92 Å². The summed E-state index contributed by atoms with van der Waals surface area (Å²) in [4.78, 5) is 28.7. The maximum absolute atomic E-state index is 13.0. The van der Waals surface area contributed by atoms with E-state index >= 15 is 0 Å². The fourth-order valence-electron chi connectivity index (χ4n) is 3.02. The Morgan fingerprint density at radius 3 is 2.37 bits per heavy atom. The van der Waals surface area contributed by atoms with Gasteiger partial charge in [0.15, 0.2) is 14.1 Å². The van der Waals surface area contributed by atoms with Gasteiger partial charge in [0, 0.05) is 16.7 Å². The number of esters is 1. The third kappa shape index (κ3) is 3.28. The summed E-state index contributed by atoms with van der Waals surface area (Å²) in [7, 11) is -2.05. The van der Waals surface area contributed by atoms with E-state index in [2.05, 4.69) is 38.8 Å². The molecule has 1 aliphatic carbocycles. The molecule has 0 bridgehead atoms. The van der Waals surface area contributed by atoms with Crippen LogP contribution in [0, 0.1) is 0 Å². The van der Waals surface area contributed by atoms with Crippen LogP contribution in [0.15, 0.2) is 24.3 Å². The molecule has 0 atom stereocenters. The first kappa shape index (κ1) is 19.6. The summed E-state index contributed by atoms with van der Waals surface area (Å²) in [6, 6.07) is 7.44. The van der Waals surface area contributed by atoms with Gasteiger partial charge in [0.2, 0.25) is 0 Å². The molecule has 2 aromatic rings. The van der Waals surface area contributed by atoms with Crippen LogP contribution in [-0.2, 0) is 15.8 Å². The molecule has 27 heavy (non-hydrogen) atoms. The second-order valence-electron chi connectivity index (χ2n) is 8.37. The van der Waals surface area contributed by atoms with Gasteiger partial charge in [-0.2, -0.15) is 0 Å². The molecule has 144 valence electrons. The lowest BCUT2D eigenvalue weighted by molar-refractivity contribution is 0.0517. The number of rotatable bonds is 5. The van der Waals surface area contributed by atoms with E-state index in [4.69, 9.17) is 9.16 Å². The normalized spacial score (nSPS) is 13.5. The predicted octanol–water partition coefficient (Wildman–Crippen LogP) is 4.92. The summed E-state index contributed by atoms with van der Waals surface area (Å²) in [5.74, 6) is -0.521. The Balaban J connectivity index is 2.06. The smallest absolute Gasteiger partial charge is 0.355 e.